The van der Waals surface area contributed by atoms with Crippen LogP contribution in [0.3, 0.4) is 0 Å². The zero-order chi connectivity index (χ0) is 22.9. The molecule has 0 saturated heterocycles. The Balaban J connectivity index is 1.41. The van der Waals surface area contributed by atoms with Crippen LogP contribution in [0.4, 0.5) is 4.39 Å². The molecule has 1 saturated carbocycles. The molecule has 2 aliphatic rings. The van der Waals surface area contributed by atoms with Gasteiger partial charge in [0.15, 0.2) is 5.78 Å². The SMILES string of the molecule is CC(C)c1ccc2c(c1)CCC1[C@](C)(NCCCC(=O)c3ccc(F)cc3)CCC[C@]21C. The maximum Gasteiger partial charge on any atom is 0.162 e. The number of halogens is 1. The van der Waals surface area contributed by atoms with Crippen molar-refractivity contribution in [1.82, 2.24) is 5.32 Å². The van der Waals surface area contributed by atoms with Crippen molar-refractivity contribution in [2.45, 2.75) is 89.5 Å². The van der Waals surface area contributed by atoms with Crippen LogP contribution in [-0.2, 0) is 11.8 Å². The van der Waals surface area contributed by atoms with E-state index in [9.17, 15) is 9.18 Å². The molecular weight excluding hydrogens is 397 g/mol. The van der Waals surface area contributed by atoms with Crippen LogP contribution in [0.25, 0.3) is 0 Å². The number of ketones is 1. The maximum atomic E-state index is 13.1. The monoisotopic (exact) mass is 435 g/mol. The van der Waals surface area contributed by atoms with E-state index in [-0.39, 0.29) is 22.6 Å². The van der Waals surface area contributed by atoms with Crippen LogP contribution >= 0.6 is 0 Å². The van der Waals surface area contributed by atoms with Gasteiger partial charge in [-0.1, -0.05) is 45.4 Å². The fourth-order valence-corrected chi connectivity index (χ4v) is 6.49. The van der Waals surface area contributed by atoms with E-state index in [4.69, 9.17) is 0 Å². The van der Waals surface area contributed by atoms with Gasteiger partial charge >= 0.3 is 0 Å². The molecule has 2 nitrogen and oxygen atoms in total. The number of aryl methyl sites for hydroxylation is 1. The number of nitrogens with one attached hydrogen (secondary N) is 1. The van der Waals surface area contributed by atoms with Gasteiger partial charge in [0.1, 0.15) is 5.82 Å². The largest absolute Gasteiger partial charge is 0.311 e. The van der Waals surface area contributed by atoms with Crippen LogP contribution in [0.5, 0.6) is 0 Å². The molecule has 0 heterocycles. The molecule has 1 unspecified atom stereocenters. The maximum absolute atomic E-state index is 13.1. The highest BCUT2D eigenvalue weighted by Gasteiger charge is 2.51. The highest BCUT2D eigenvalue weighted by atomic mass is 19.1. The van der Waals surface area contributed by atoms with Gasteiger partial charge in [-0.05, 0) is 104 Å². The van der Waals surface area contributed by atoms with Crippen molar-refractivity contribution in [3.05, 3.63) is 70.5 Å². The topological polar surface area (TPSA) is 29.1 Å². The van der Waals surface area contributed by atoms with Gasteiger partial charge < -0.3 is 5.32 Å². The highest BCUT2D eigenvalue weighted by molar-refractivity contribution is 5.95. The smallest absolute Gasteiger partial charge is 0.162 e. The van der Waals surface area contributed by atoms with E-state index >= 15 is 0 Å². The first-order valence-corrected chi connectivity index (χ1v) is 12.4. The molecule has 0 radical (unpaired) electrons. The molecule has 0 aromatic heterocycles. The number of hydrogen-bond donors (Lipinski definition) is 1. The van der Waals surface area contributed by atoms with Gasteiger partial charge in [-0.25, -0.2) is 4.39 Å². The second kappa shape index (κ2) is 9.09. The van der Waals surface area contributed by atoms with Gasteiger partial charge in [0.2, 0.25) is 0 Å². The Morgan fingerprint density at radius 2 is 1.88 bits per heavy atom. The lowest BCUT2D eigenvalue weighted by molar-refractivity contribution is 0.0621. The summed E-state index contributed by atoms with van der Waals surface area (Å²) in [6, 6.07) is 13.1. The summed E-state index contributed by atoms with van der Waals surface area (Å²) in [7, 11) is 0. The van der Waals surface area contributed by atoms with Crippen molar-refractivity contribution in [3.8, 4) is 0 Å². The number of hydrogen-bond acceptors (Lipinski definition) is 2. The van der Waals surface area contributed by atoms with Crippen LogP contribution in [-0.4, -0.2) is 17.9 Å². The zero-order valence-corrected chi connectivity index (χ0v) is 20.1. The average molecular weight is 436 g/mol. The predicted molar refractivity (Wildman–Crippen MR) is 130 cm³/mol. The molecule has 0 amide bonds. The van der Waals surface area contributed by atoms with E-state index in [1.165, 1.54) is 43.4 Å². The van der Waals surface area contributed by atoms with Gasteiger partial charge in [-0.2, -0.15) is 0 Å². The lowest BCUT2D eigenvalue weighted by atomic mass is 9.52. The minimum Gasteiger partial charge on any atom is -0.311 e. The molecule has 1 N–H and O–H groups in total. The average Bonchev–Trinajstić information content (AvgIpc) is 2.76. The van der Waals surface area contributed by atoms with Crippen molar-refractivity contribution in [3.63, 3.8) is 0 Å². The molecule has 2 aliphatic carbocycles. The van der Waals surface area contributed by atoms with E-state index in [2.05, 4.69) is 51.2 Å². The molecular formula is C29H38FNO. The number of Topliss-reactive ketones (excluding diaryl/α,β-unsaturated/α-hetero) is 1. The molecule has 0 aliphatic heterocycles. The number of rotatable bonds is 7. The summed E-state index contributed by atoms with van der Waals surface area (Å²) in [5, 5.41) is 3.89. The third-order valence-electron chi connectivity index (χ3n) is 8.32. The zero-order valence-electron chi connectivity index (χ0n) is 20.1. The summed E-state index contributed by atoms with van der Waals surface area (Å²) in [6.45, 7) is 10.3. The second-order valence-electron chi connectivity index (χ2n) is 10.8. The first kappa shape index (κ1) is 23.2. The fraction of sp³-hybridized carbons (Fsp3) is 0.552. The molecule has 172 valence electrons. The van der Waals surface area contributed by atoms with Crippen molar-refractivity contribution in [2.24, 2.45) is 5.92 Å². The Morgan fingerprint density at radius 3 is 2.59 bits per heavy atom. The number of benzene rings is 2. The number of fused-ring (bicyclic) bond motifs is 3. The van der Waals surface area contributed by atoms with E-state index in [1.807, 2.05) is 0 Å². The van der Waals surface area contributed by atoms with Crippen LogP contribution in [0.1, 0.15) is 99.2 Å². The molecule has 0 spiro atoms. The molecule has 4 rings (SSSR count). The summed E-state index contributed by atoms with van der Waals surface area (Å²) >= 11 is 0. The quantitative estimate of drug-likeness (QED) is 0.376. The normalized spacial score (nSPS) is 27.1. The molecule has 2 aromatic carbocycles. The molecule has 3 atom stereocenters. The van der Waals surface area contributed by atoms with Crippen molar-refractivity contribution >= 4 is 5.78 Å². The van der Waals surface area contributed by atoms with E-state index in [0.717, 1.165) is 19.4 Å². The van der Waals surface area contributed by atoms with Crippen LogP contribution in [0.15, 0.2) is 42.5 Å². The number of carbonyl (C=O) groups excluding carboxylic acids is 1. The van der Waals surface area contributed by atoms with Gasteiger partial charge in [0.25, 0.3) is 0 Å². The third-order valence-corrected chi connectivity index (χ3v) is 8.32. The fourth-order valence-electron chi connectivity index (χ4n) is 6.49. The minimum absolute atomic E-state index is 0.0954. The predicted octanol–water partition coefficient (Wildman–Crippen LogP) is 6.96. The lowest BCUT2D eigenvalue weighted by Gasteiger charge is -2.56. The Bertz CT molecular complexity index is 966. The van der Waals surface area contributed by atoms with E-state index in [1.54, 1.807) is 23.3 Å². The Kier molecular flexibility index (Phi) is 6.58. The summed E-state index contributed by atoms with van der Waals surface area (Å²) in [6.07, 6.45) is 7.38. The van der Waals surface area contributed by atoms with E-state index in [0.29, 0.717) is 23.8 Å². The van der Waals surface area contributed by atoms with Crippen molar-refractivity contribution < 1.29 is 9.18 Å². The van der Waals surface area contributed by atoms with E-state index < -0.39 is 0 Å². The van der Waals surface area contributed by atoms with Crippen LogP contribution in [0, 0.1) is 11.7 Å². The van der Waals surface area contributed by atoms with Gasteiger partial charge in [0, 0.05) is 17.5 Å². The summed E-state index contributed by atoms with van der Waals surface area (Å²) < 4.78 is 13.1. The second-order valence-corrected chi connectivity index (χ2v) is 10.8. The molecule has 3 heteroatoms. The molecule has 0 bridgehead atoms. The standard InChI is InChI=1S/C29H38FNO/c1-20(2)22-10-14-25-23(19-22)11-15-27-28(25,3)16-6-17-29(27,4)31-18-5-7-26(32)21-8-12-24(30)13-9-21/h8-10,12-14,19-20,27,31H,5-7,11,15-18H2,1-4H3/t27?,28-,29-/m1/s1. The van der Waals surface area contributed by atoms with Crippen LogP contribution in [0.2, 0.25) is 0 Å². The first-order chi connectivity index (χ1) is 15.2. The third kappa shape index (κ3) is 4.41. The van der Waals surface area contributed by atoms with Crippen molar-refractivity contribution in [2.75, 3.05) is 6.54 Å². The molecule has 32 heavy (non-hydrogen) atoms. The van der Waals surface area contributed by atoms with Gasteiger partial charge in [0.05, 0.1) is 0 Å². The minimum atomic E-state index is -0.300. The first-order valence-electron chi connectivity index (χ1n) is 12.4. The summed E-state index contributed by atoms with van der Waals surface area (Å²) in [5.74, 6) is 0.972. The molecule has 1 fully saturated rings. The Hall–Kier alpha value is -2.00. The summed E-state index contributed by atoms with van der Waals surface area (Å²) in [5.41, 5.74) is 5.50. The Labute approximate surface area is 193 Å². The summed E-state index contributed by atoms with van der Waals surface area (Å²) in [4.78, 5) is 12.4. The highest BCUT2D eigenvalue weighted by Crippen LogP contribution is 2.53. The molecule has 2 aromatic rings. The van der Waals surface area contributed by atoms with Gasteiger partial charge in [-0.3, -0.25) is 4.79 Å². The lowest BCUT2D eigenvalue weighted by Crippen LogP contribution is -2.59. The van der Waals surface area contributed by atoms with Crippen molar-refractivity contribution in [1.29, 1.82) is 0 Å². The Morgan fingerprint density at radius 1 is 1.12 bits per heavy atom. The number of carbonyl (C=O) groups is 1. The van der Waals surface area contributed by atoms with Gasteiger partial charge in [-0.15, -0.1) is 0 Å². The van der Waals surface area contributed by atoms with Crippen LogP contribution < -0.4 is 5.32 Å².